The molecule has 1 nitrogen and oxygen atoms in total. The summed E-state index contributed by atoms with van der Waals surface area (Å²) in [6.07, 6.45) is -0.225. The highest BCUT2D eigenvalue weighted by molar-refractivity contribution is 4.93. The van der Waals surface area contributed by atoms with E-state index in [1.165, 1.54) is 0 Å². The minimum atomic E-state index is -0.225. The molecule has 0 aliphatic carbocycles. The molecule has 0 aliphatic rings. The van der Waals surface area contributed by atoms with Crippen molar-refractivity contribution in [2.24, 2.45) is 0 Å². The standard InChI is InChI=1S/C5H6O/c1-5-3-2-4-6-5/h2-4H,1H3/i2D,3D,4D. The lowest BCUT2D eigenvalue weighted by molar-refractivity contribution is 0.534. The lowest BCUT2D eigenvalue weighted by Gasteiger charge is -1.69. The van der Waals surface area contributed by atoms with Crippen LogP contribution in [0.2, 0.25) is 0 Å². The van der Waals surface area contributed by atoms with Crippen LogP contribution in [0.4, 0.5) is 0 Å². The van der Waals surface area contributed by atoms with E-state index in [0.29, 0.717) is 5.76 Å². The molecule has 0 amide bonds. The molecule has 0 bridgehead atoms. The van der Waals surface area contributed by atoms with Gasteiger partial charge in [0, 0.05) is 0 Å². The summed E-state index contributed by atoms with van der Waals surface area (Å²) < 4.78 is 25.6. The van der Waals surface area contributed by atoms with Crippen LogP contribution < -0.4 is 0 Å². The van der Waals surface area contributed by atoms with Gasteiger partial charge in [0.05, 0.1) is 8.98 Å². The van der Waals surface area contributed by atoms with E-state index in [1.807, 2.05) is 0 Å². The van der Waals surface area contributed by atoms with Crippen LogP contribution >= 0.6 is 0 Å². The Balaban J connectivity index is 3.29. The van der Waals surface area contributed by atoms with E-state index in [1.54, 1.807) is 6.92 Å². The molecule has 0 radical (unpaired) electrons. The molecule has 0 aromatic carbocycles. The second-order valence-electron chi connectivity index (χ2n) is 1.01. The summed E-state index contributed by atoms with van der Waals surface area (Å²) in [5.41, 5.74) is 0. The quantitative estimate of drug-likeness (QED) is 0.466. The van der Waals surface area contributed by atoms with Gasteiger partial charge in [0.1, 0.15) is 7.13 Å². The highest BCUT2D eigenvalue weighted by Gasteiger charge is 1.75. The smallest absolute Gasteiger partial charge is 0.104 e. The van der Waals surface area contributed by atoms with Gasteiger partial charge in [-0.15, -0.1) is 0 Å². The zero-order valence-corrected chi connectivity index (χ0v) is 3.41. The molecule has 0 spiro atoms. The summed E-state index contributed by atoms with van der Waals surface area (Å²) in [5.74, 6) is 0.338. The predicted molar refractivity (Wildman–Crippen MR) is 23.4 cm³/mol. The second kappa shape index (κ2) is 1.17. The lowest BCUT2D eigenvalue weighted by Crippen LogP contribution is -1.48. The van der Waals surface area contributed by atoms with Crippen LogP contribution in [0, 0.1) is 6.92 Å². The van der Waals surface area contributed by atoms with Crippen LogP contribution in [0.25, 0.3) is 0 Å². The predicted octanol–water partition coefficient (Wildman–Crippen LogP) is 1.59. The highest BCUT2D eigenvalue weighted by atomic mass is 16.3. The Kier molecular flexibility index (Phi) is 0.275. The third-order valence-electron chi connectivity index (χ3n) is 0.494. The van der Waals surface area contributed by atoms with Crippen molar-refractivity contribution in [2.75, 3.05) is 0 Å². The van der Waals surface area contributed by atoms with Gasteiger partial charge < -0.3 is 4.42 Å². The Morgan fingerprint density at radius 3 is 3.00 bits per heavy atom. The molecule has 0 N–H and O–H groups in total. The lowest BCUT2D eigenvalue weighted by atomic mass is 10.5. The van der Waals surface area contributed by atoms with Crippen molar-refractivity contribution in [1.29, 1.82) is 0 Å². The van der Waals surface area contributed by atoms with E-state index in [2.05, 4.69) is 4.42 Å². The molecular weight excluding hydrogens is 76.1 g/mol. The Bertz CT molecular complexity index is 206. The van der Waals surface area contributed by atoms with E-state index in [0.717, 1.165) is 0 Å². The molecule has 1 heterocycles. The van der Waals surface area contributed by atoms with Gasteiger partial charge in [-0.3, -0.25) is 0 Å². The fourth-order valence-corrected chi connectivity index (χ4v) is 0.241. The first-order chi connectivity index (χ1) is 4.13. The molecule has 0 saturated carbocycles. The maximum atomic E-state index is 7.06. The summed E-state index contributed by atoms with van der Waals surface area (Å²) in [4.78, 5) is 0. The van der Waals surface area contributed by atoms with Crippen LogP contribution in [0.15, 0.2) is 22.7 Å². The van der Waals surface area contributed by atoms with Crippen molar-refractivity contribution in [3.05, 3.63) is 24.1 Å². The van der Waals surface area contributed by atoms with Gasteiger partial charge in [-0.1, -0.05) is 0 Å². The maximum Gasteiger partial charge on any atom is 0.104 e. The zero-order chi connectivity index (χ0) is 7.02. The fraction of sp³-hybridized carbons (Fsp3) is 0.200. The largest absolute Gasteiger partial charge is 0.470 e. The topological polar surface area (TPSA) is 13.1 Å². The molecule has 6 heavy (non-hydrogen) atoms. The molecule has 1 aromatic rings. The van der Waals surface area contributed by atoms with E-state index >= 15 is 0 Å². The average Bonchev–Trinajstić information content (AvgIpc) is 1.98. The third kappa shape index (κ3) is 0.432. The molecule has 0 fully saturated rings. The monoisotopic (exact) mass is 85.1 g/mol. The molecular formula is C5H6O. The molecule has 0 saturated heterocycles. The Morgan fingerprint density at radius 2 is 2.83 bits per heavy atom. The summed E-state index contributed by atoms with van der Waals surface area (Å²) in [6, 6.07) is -0.118. The van der Waals surface area contributed by atoms with E-state index in [4.69, 9.17) is 4.11 Å². The molecule has 0 atom stereocenters. The van der Waals surface area contributed by atoms with Crippen LogP contribution in [0.3, 0.4) is 0 Å². The molecule has 0 aliphatic heterocycles. The van der Waals surface area contributed by atoms with Gasteiger partial charge in [-0.2, -0.15) is 0 Å². The van der Waals surface area contributed by atoms with Crippen LogP contribution in [0.1, 0.15) is 9.87 Å². The summed E-state index contributed by atoms with van der Waals surface area (Å²) >= 11 is 0. The van der Waals surface area contributed by atoms with Gasteiger partial charge in [0.2, 0.25) is 0 Å². The van der Waals surface area contributed by atoms with Gasteiger partial charge in [0.15, 0.2) is 0 Å². The SMILES string of the molecule is [2H]c1oc(C)c([2H])c1[2H]. The van der Waals surface area contributed by atoms with Crippen molar-refractivity contribution in [2.45, 2.75) is 6.92 Å². The van der Waals surface area contributed by atoms with Crippen molar-refractivity contribution in [3.8, 4) is 0 Å². The molecule has 0 unspecified atom stereocenters. The molecule has 1 aromatic heterocycles. The Hall–Kier alpha value is -0.720. The van der Waals surface area contributed by atoms with Gasteiger partial charge in [-0.05, 0) is 19.0 Å². The first kappa shape index (κ1) is 1.41. The summed E-state index contributed by atoms with van der Waals surface area (Å²) in [6.45, 7) is 1.57. The van der Waals surface area contributed by atoms with Crippen molar-refractivity contribution in [1.82, 2.24) is 0 Å². The average molecular weight is 85.1 g/mol. The number of furan rings is 1. The first-order valence-corrected chi connectivity index (χ1v) is 1.66. The Labute approximate surface area is 40.8 Å². The van der Waals surface area contributed by atoms with Gasteiger partial charge in [-0.25, -0.2) is 0 Å². The Morgan fingerprint density at radius 1 is 2.00 bits per heavy atom. The second-order valence-corrected chi connectivity index (χ2v) is 1.01. The highest BCUT2D eigenvalue weighted by Crippen LogP contribution is 1.93. The van der Waals surface area contributed by atoms with E-state index in [9.17, 15) is 0 Å². The molecule has 1 rings (SSSR count). The minimum absolute atomic E-state index is 0.0139. The van der Waals surface area contributed by atoms with E-state index in [-0.39, 0.29) is 18.3 Å². The minimum Gasteiger partial charge on any atom is -0.470 e. The van der Waals surface area contributed by atoms with Gasteiger partial charge >= 0.3 is 0 Å². The zero-order valence-electron chi connectivity index (χ0n) is 6.41. The normalized spacial score (nSPS) is 15.8. The molecule has 32 valence electrons. The third-order valence-corrected chi connectivity index (χ3v) is 0.494. The van der Waals surface area contributed by atoms with Crippen LogP contribution in [0.5, 0.6) is 0 Å². The van der Waals surface area contributed by atoms with Crippen molar-refractivity contribution >= 4 is 0 Å². The number of aryl methyl sites for hydroxylation is 1. The summed E-state index contributed by atoms with van der Waals surface area (Å²) in [7, 11) is 0. The van der Waals surface area contributed by atoms with Crippen molar-refractivity contribution in [3.63, 3.8) is 0 Å². The number of rotatable bonds is 0. The first-order valence-electron chi connectivity index (χ1n) is 3.16. The summed E-state index contributed by atoms with van der Waals surface area (Å²) in [5, 5.41) is 0. The van der Waals surface area contributed by atoms with Crippen molar-refractivity contribution < 1.29 is 8.53 Å². The number of hydrogen-bond donors (Lipinski definition) is 0. The van der Waals surface area contributed by atoms with Crippen LogP contribution in [-0.4, -0.2) is 0 Å². The number of hydrogen-bond acceptors (Lipinski definition) is 1. The van der Waals surface area contributed by atoms with Crippen LogP contribution in [-0.2, 0) is 0 Å². The fourth-order valence-electron chi connectivity index (χ4n) is 0.241. The molecule has 1 heteroatoms. The van der Waals surface area contributed by atoms with E-state index < -0.39 is 0 Å². The maximum absolute atomic E-state index is 7.06. The van der Waals surface area contributed by atoms with Gasteiger partial charge in [0.25, 0.3) is 0 Å².